The molecule has 2 atom stereocenters. The van der Waals surface area contributed by atoms with E-state index < -0.39 is 41.0 Å². The lowest BCUT2D eigenvalue weighted by Gasteiger charge is -2.35. The van der Waals surface area contributed by atoms with Gasteiger partial charge in [0, 0.05) is 34.9 Å². The second-order valence-electron chi connectivity index (χ2n) is 6.97. The first kappa shape index (κ1) is 18.3. The smallest absolute Gasteiger partial charge is 0.280 e. The number of imidazole rings is 1. The van der Waals surface area contributed by atoms with Gasteiger partial charge < -0.3 is 9.88 Å². The molecule has 31 heavy (non-hydrogen) atoms. The van der Waals surface area contributed by atoms with E-state index in [0.717, 1.165) is 17.0 Å². The largest absolute Gasteiger partial charge is 0.340 e. The number of nitrogens with one attached hydrogen (secondary N) is 2. The summed E-state index contributed by atoms with van der Waals surface area (Å²) in [7, 11) is -2.75. The zero-order valence-electron chi connectivity index (χ0n) is 19.0. The highest BCUT2D eigenvalue weighted by atomic mass is 35.5. The fraction of sp³-hybridized carbons (Fsp3) is 0.263. The first-order valence-electron chi connectivity index (χ1n) is 10.5. The van der Waals surface area contributed by atoms with Crippen LogP contribution < -0.4 is 10.0 Å². The Morgan fingerprint density at radius 1 is 1.42 bits per heavy atom. The van der Waals surface area contributed by atoms with Gasteiger partial charge in [0.05, 0.1) is 28.0 Å². The van der Waals surface area contributed by atoms with Gasteiger partial charge in [0.1, 0.15) is 11.9 Å². The maximum absolute atomic E-state index is 13.5. The van der Waals surface area contributed by atoms with Crippen LogP contribution in [0.2, 0.25) is 5.02 Å². The number of halogens is 2. The second kappa shape index (κ2) is 8.32. The van der Waals surface area contributed by atoms with E-state index in [1.807, 2.05) is 7.05 Å². The van der Waals surface area contributed by atoms with Crippen LogP contribution in [0.3, 0.4) is 0 Å². The van der Waals surface area contributed by atoms with Gasteiger partial charge in [-0.1, -0.05) is 11.6 Å². The summed E-state index contributed by atoms with van der Waals surface area (Å²) in [6.07, 6.45) is 3.29. The molecule has 2 aromatic heterocycles. The highest BCUT2D eigenvalue weighted by molar-refractivity contribution is 7.87. The lowest BCUT2D eigenvalue weighted by Crippen LogP contribution is -2.55. The molecule has 0 aliphatic carbocycles. The molecular formula is C19H19ClFN5O3S2. The summed E-state index contributed by atoms with van der Waals surface area (Å²) in [6, 6.07) is 4.51. The number of hydrogen-bond acceptors (Lipinski definition) is 5. The average molecular weight is 487 g/mol. The summed E-state index contributed by atoms with van der Waals surface area (Å²) in [4.78, 5) is 18.7. The predicted molar refractivity (Wildman–Crippen MR) is 118 cm³/mol. The van der Waals surface area contributed by atoms with E-state index in [0.29, 0.717) is 10.6 Å². The van der Waals surface area contributed by atoms with Crippen molar-refractivity contribution in [2.75, 3.05) is 12.3 Å². The first-order chi connectivity index (χ1) is 15.8. The number of likely N-dealkylation sites (N-methyl/N-ethyl adjacent to an activating group) is 1. The highest BCUT2D eigenvalue weighted by Gasteiger charge is 2.41. The molecule has 12 heteroatoms. The molecule has 1 aliphatic heterocycles. The summed E-state index contributed by atoms with van der Waals surface area (Å²) in [5, 5.41) is 2.19. The number of rotatable bonds is 4. The molecule has 0 saturated carbocycles. The van der Waals surface area contributed by atoms with Crippen LogP contribution in [0.1, 0.15) is 21.5 Å². The number of aryl methyl sites for hydroxylation is 1. The number of aromatic nitrogens is 2. The zero-order valence-corrected chi connectivity index (χ0v) is 18.4. The van der Waals surface area contributed by atoms with Gasteiger partial charge in [0.15, 0.2) is 0 Å². The summed E-state index contributed by atoms with van der Waals surface area (Å²) < 4.78 is 66.8. The number of benzene rings is 1. The Kier molecular flexibility index (Phi) is 4.91. The topological polar surface area (TPSA) is 96.3 Å². The van der Waals surface area contributed by atoms with Crippen molar-refractivity contribution >= 4 is 44.7 Å². The van der Waals surface area contributed by atoms with Gasteiger partial charge in [-0.2, -0.15) is 17.4 Å². The van der Waals surface area contributed by atoms with E-state index in [1.165, 1.54) is 17.4 Å². The van der Waals surface area contributed by atoms with Gasteiger partial charge in [-0.3, -0.25) is 4.79 Å². The SMILES string of the molecule is [2H]C([2H])([2H])N1[C@@H](C(=O)Nc2ccc(F)c(Cl)c2)CC(c2ccc(-c3cn(C)cn3)s2)NS1(=O)=O. The van der Waals surface area contributed by atoms with Gasteiger partial charge in [0.25, 0.3) is 10.2 Å². The molecule has 1 unspecified atom stereocenters. The molecule has 1 aromatic carbocycles. The van der Waals surface area contributed by atoms with Crippen LogP contribution in [0.15, 0.2) is 42.9 Å². The fourth-order valence-electron chi connectivity index (χ4n) is 3.18. The number of carbonyl (C=O) groups is 1. The molecule has 1 saturated heterocycles. The van der Waals surface area contributed by atoms with Crippen LogP contribution in [-0.4, -0.2) is 41.2 Å². The van der Waals surface area contributed by atoms with Crippen molar-refractivity contribution in [3.05, 3.63) is 58.6 Å². The Morgan fingerprint density at radius 2 is 2.23 bits per heavy atom. The van der Waals surface area contributed by atoms with Crippen molar-refractivity contribution in [1.29, 1.82) is 0 Å². The minimum atomic E-state index is -4.57. The third kappa shape index (κ3) is 4.51. The van der Waals surface area contributed by atoms with Crippen LogP contribution in [0.25, 0.3) is 10.6 Å². The highest BCUT2D eigenvalue weighted by Crippen LogP contribution is 2.35. The van der Waals surface area contributed by atoms with E-state index in [4.69, 9.17) is 15.7 Å². The van der Waals surface area contributed by atoms with Crippen LogP contribution in [0.5, 0.6) is 0 Å². The molecule has 3 heterocycles. The molecule has 1 amide bonds. The number of amides is 1. The molecule has 8 nitrogen and oxygen atoms in total. The Morgan fingerprint density at radius 3 is 2.90 bits per heavy atom. The molecule has 1 fully saturated rings. The predicted octanol–water partition coefficient (Wildman–Crippen LogP) is 3.16. The minimum absolute atomic E-state index is 0.0999. The van der Waals surface area contributed by atoms with Crippen LogP contribution >= 0.6 is 22.9 Å². The third-order valence-corrected chi connectivity index (χ3v) is 7.58. The molecule has 3 aromatic rings. The van der Waals surface area contributed by atoms with Gasteiger partial charge in [-0.25, -0.2) is 9.37 Å². The number of anilines is 1. The van der Waals surface area contributed by atoms with E-state index >= 15 is 0 Å². The minimum Gasteiger partial charge on any atom is -0.340 e. The lowest BCUT2D eigenvalue weighted by molar-refractivity contribution is -0.120. The van der Waals surface area contributed by atoms with Crippen molar-refractivity contribution in [1.82, 2.24) is 18.6 Å². The van der Waals surface area contributed by atoms with Crippen molar-refractivity contribution in [2.45, 2.75) is 18.5 Å². The van der Waals surface area contributed by atoms with E-state index in [2.05, 4.69) is 15.0 Å². The maximum atomic E-state index is 13.5. The fourth-order valence-corrected chi connectivity index (χ4v) is 5.68. The number of hydrogen-bond donors (Lipinski definition) is 2. The normalized spacial score (nSPS) is 23.0. The van der Waals surface area contributed by atoms with Gasteiger partial charge in [-0.15, -0.1) is 11.3 Å². The number of carbonyl (C=O) groups excluding carboxylic acids is 1. The summed E-state index contributed by atoms with van der Waals surface area (Å²) in [5.41, 5.74) is 0.798. The third-order valence-electron chi connectivity index (χ3n) is 4.71. The van der Waals surface area contributed by atoms with E-state index in [-0.39, 0.29) is 21.4 Å². The van der Waals surface area contributed by atoms with Crippen molar-refractivity contribution in [3.8, 4) is 10.6 Å². The van der Waals surface area contributed by atoms with Crippen LogP contribution in [0.4, 0.5) is 10.1 Å². The van der Waals surface area contributed by atoms with Crippen LogP contribution in [0, 0.1) is 5.82 Å². The molecule has 2 N–H and O–H groups in total. The number of thiophene rings is 1. The molecule has 1 aliphatic rings. The van der Waals surface area contributed by atoms with Crippen molar-refractivity contribution in [3.63, 3.8) is 0 Å². The summed E-state index contributed by atoms with van der Waals surface area (Å²) in [5.74, 6) is -1.58. The van der Waals surface area contributed by atoms with Gasteiger partial charge in [0.2, 0.25) is 5.91 Å². The van der Waals surface area contributed by atoms with Crippen molar-refractivity contribution < 1.29 is 21.7 Å². The first-order valence-corrected chi connectivity index (χ1v) is 11.6. The Hall–Kier alpha value is -2.31. The zero-order chi connectivity index (χ0) is 24.8. The molecule has 4 rings (SSSR count). The van der Waals surface area contributed by atoms with Gasteiger partial charge >= 0.3 is 0 Å². The lowest BCUT2D eigenvalue weighted by atomic mass is 10.1. The number of nitrogens with zero attached hydrogens (tertiary/aromatic N) is 3. The second-order valence-corrected chi connectivity index (χ2v) is 10.1. The van der Waals surface area contributed by atoms with Gasteiger partial charge in [-0.05, 0) is 36.8 Å². The van der Waals surface area contributed by atoms with E-state index in [9.17, 15) is 17.6 Å². The Labute approximate surface area is 192 Å². The summed E-state index contributed by atoms with van der Waals surface area (Å²) >= 11 is 7.03. The maximum Gasteiger partial charge on any atom is 0.280 e. The standard InChI is InChI=1S/C19H19ClFN5O3S2/c1-25-9-15(22-10-25)18-6-5-17(30-18)14-8-16(26(2)31(28,29)24-14)19(27)23-11-3-4-13(21)12(20)7-11/h3-7,9-10,14,16,24H,8H2,1-2H3,(H,23,27)/t14?,16-/m1/s1/i2D3. The molecule has 0 radical (unpaired) electrons. The van der Waals surface area contributed by atoms with Crippen LogP contribution in [-0.2, 0) is 22.1 Å². The van der Waals surface area contributed by atoms with Crippen molar-refractivity contribution in [2.24, 2.45) is 7.05 Å². The quantitative estimate of drug-likeness (QED) is 0.592. The summed E-state index contributed by atoms with van der Waals surface area (Å²) in [6.45, 7) is -3.12. The Bertz CT molecular complexity index is 1340. The molecule has 0 spiro atoms. The van der Waals surface area contributed by atoms with E-state index in [1.54, 1.807) is 29.2 Å². The Balaban J connectivity index is 1.65. The molecule has 164 valence electrons. The molecular weight excluding hydrogens is 465 g/mol. The average Bonchev–Trinajstić information content (AvgIpc) is 3.37. The molecule has 0 bridgehead atoms. The monoisotopic (exact) mass is 486 g/mol.